The average molecular weight is 289 g/mol. The number of amides is 1. The van der Waals surface area contributed by atoms with Gasteiger partial charge in [-0.05, 0) is 26.0 Å². The molecule has 0 saturated heterocycles. The van der Waals surface area contributed by atoms with E-state index in [0.717, 1.165) is 11.5 Å². The fourth-order valence-electron chi connectivity index (χ4n) is 2.17. The molecule has 0 atom stereocenters. The normalized spacial score (nSPS) is 10.6. The van der Waals surface area contributed by atoms with Crippen LogP contribution in [0.4, 0.5) is 0 Å². The molecule has 0 aromatic carbocycles. The van der Waals surface area contributed by atoms with Gasteiger partial charge in [0.25, 0.3) is 11.5 Å². The van der Waals surface area contributed by atoms with E-state index in [1.807, 2.05) is 13.8 Å². The van der Waals surface area contributed by atoms with Crippen LogP contribution < -0.4 is 10.9 Å². The predicted molar refractivity (Wildman–Crippen MR) is 78.2 cm³/mol. The van der Waals surface area contributed by atoms with Gasteiger partial charge in [0.1, 0.15) is 17.7 Å². The summed E-state index contributed by atoms with van der Waals surface area (Å²) in [6, 6.07) is 3.35. The lowest BCUT2D eigenvalue weighted by Crippen LogP contribution is -2.34. The first kappa shape index (κ1) is 15.0. The van der Waals surface area contributed by atoms with Gasteiger partial charge < -0.3 is 9.88 Å². The summed E-state index contributed by atoms with van der Waals surface area (Å²) in [6.07, 6.45) is 2.03. The lowest BCUT2D eigenvalue weighted by molar-refractivity contribution is 0.0951. The van der Waals surface area contributed by atoms with Gasteiger partial charge in [0, 0.05) is 32.3 Å². The van der Waals surface area contributed by atoms with E-state index >= 15 is 0 Å². The van der Waals surface area contributed by atoms with Crippen LogP contribution in [-0.4, -0.2) is 31.8 Å². The zero-order chi connectivity index (χ0) is 15.4. The summed E-state index contributed by atoms with van der Waals surface area (Å²) in [4.78, 5) is 28.4. The minimum Gasteiger partial charge on any atom is -0.351 e. The first-order chi connectivity index (χ1) is 10.0. The Labute approximate surface area is 122 Å². The number of aryl methyl sites for hydroxylation is 2. The minimum absolute atomic E-state index is 0.167. The van der Waals surface area contributed by atoms with Crippen molar-refractivity contribution in [3.8, 4) is 0 Å². The number of carbonyl (C=O) groups excluding carboxylic acids is 1. The number of rotatable bonds is 5. The maximum absolute atomic E-state index is 12.2. The molecule has 21 heavy (non-hydrogen) atoms. The van der Waals surface area contributed by atoms with Crippen LogP contribution in [0.5, 0.6) is 0 Å². The Hall–Kier alpha value is -2.44. The fraction of sp³-hybridized carbons (Fsp3) is 0.429. The molecule has 0 spiro atoms. The largest absolute Gasteiger partial charge is 0.351 e. The van der Waals surface area contributed by atoms with Crippen LogP contribution in [0, 0.1) is 6.92 Å². The molecular formula is C14H19N5O2. The van der Waals surface area contributed by atoms with E-state index in [9.17, 15) is 9.59 Å². The summed E-state index contributed by atoms with van der Waals surface area (Å²) < 4.78 is 3.24. The molecule has 7 nitrogen and oxygen atoms in total. The standard InChI is InChI=1S/C14H19N5O2/c1-4-19-10(2)5-6-11(14(19)21)13(20)15-8-7-12-16-9-17-18(12)3/h5-6,9H,4,7-8H2,1-3H3,(H,15,20). The third kappa shape index (κ3) is 3.18. The van der Waals surface area contributed by atoms with Crippen LogP contribution in [0.15, 0.2) is 23.3 Å². The third-order valence-electron chi connectivity index (χ3n) is 3.39. The Morgan fingerprint density at radius 1 is 1.38 bits per heavy atom. The highest BCUT2D eigenvalue weighted by molar-refractivity contribution is 5.93. The minimum atomic E-state index is -0.357. The molecule has 0 aliphatic carbocycles. The second-order valence-corrected chi connectivity index (χ2v) is 4.74. The highest BCUT2D eigenvalue weighted by atomic mass is 16.2. The smallest absolute Gasteiger partial charge is 0.263 e. The van der Waals surface area contributed by atoms with Crippen molar-refractivity contribution in [2.75, 3.05) is 6.54 Å². The van der Waals surface area contributed by atoms with Crippen molar-refractivity contribution in [2.45, 2.75) is 26.8 Å². The highest BCUT2D eigenvalue weighted by Crippen LogP contribution is 1.99. The Bertz CT molecular complexity index is 702. The maximum Gasteiger partial charge on any atom is 0.263 e. The van der Waals surface area contributed by atoms with Gasteiger partial charge in [-0.25, -0.2) is 4.98 Å². The van der Waals surface area contributed by atoms with Crippen LogP contribution >= 0.6 is 0 Å². The van der Waals surface area contributed by atoms with Crippen LogP contribution in [0.3, 0.4) is 0 Å². The van der Waals surface area contributed by atoms with Gasteiger partial charge in [0.2, 0.25) is 0 Å². The van der Waals surface area contributed by atoms with Crippen LogP contribution in [0.2, 0.25) is 0 Å². The third-order valence-corrected chi connectivity index (χ3v) is 3.39. The zero-order valence-electron chi connectivity index (χ0n) is 12.5. The van der Waals surface area contributed by atoms with Crippen LogP contribution in [-0.2, 0) is 20.0 Å². The van der Waals surface area contributed by atoms with Gasteiger partial charge in [0.15, 0.2) is 0 Å². The molecule has 2 heterocycles. The molecular weight excluding hydrogens is 270 g/mol. The summed E-state index contributed by atoms with van der Waals surface area (Å²) in [5, 5.41) is 6.70. The number of aromatic nitrogens is 4. The summed E-state index contributed by atoms with van der Waals surface area (Å²) in [5.41, 5.74) is 0.757. The summed E-state index contributed by atoms with van der Waals surface area (Å²) in [6.45, 7) is 4.68. The quantitative estimate of drug-likeness (QED) is 0.857. The van der Waals surface area contributed by atoms with Crippen molar-refractivity contribution >= 4 is 5.91 Å². The van der Waals surface area contributed by atoms with Gasteiger partial charge in [-0.3, -0.25) is 14.3 Å². The maximum atomic E-state index is 12.2. The fourth-order valence-corrected chi connectivity index (χ4v) is 2.17. The van der Waals surface area contributed by atoms with E-state index in [2.05, 4.69) is 15.4 Å². The molecule has 0 unspecified atom stereocenters. The van der Waals surface area contributed by atoms with Crippen molar-refractivity contribution in [3.63, 3.8) is 0 Å². The van der Waals surface area contributed by atoms with Gasteiger partial charge in [-0.2, -0.15) is 5.10 Å². The number of hydrogen-bond acceptors (Lipinski definition) is 4. The van der Waals surface area contributed by atoms with Crippen molar-refractivity contribution < 1.29 is 4.79 Å². The monoisotopic (exact) mass is 289 g/mol. The Kier molecular flexibility index (Phi) is 4.52. The van der Waals surface area contributed by atoms with Crippen molar-refractivity contribution in [2.24, 2.45) is 7.05 Å². The first-order valence-electron chi connectivity index (χ1n) is 6.86. The lowest BCUT2D eigenvalue weighted by atomic mass is 10.2. The van der Waals surface area contributed by atoms with E-state index in [1.54, 1.807) is 28.4 Å². The van der Waals surface area contributed by atoms with Crippen molar-refractivity contribution in [1.82, 2.24) is 24.6 Å². The summed E-state index contributed by atoms with van der Waals surface area (Å²) in [7, 11) is 1.80. The topological polar surface area (TPSA) is 81.8 Å². The molecule has 2 aromatic rings. The number of hydrogen-bond donors (Lipinski definition) is 1. The van der Waals surface area contributed by atoms with Crippen LogP contribution in [0.25, 0.3) is 0 Å². The molecule has 112 valence electrons. The highest BCUT2D eigenvalue weighted by Gasteiger charge is 2.13. The Balaban J connectivity index is 2.04. The van der Waals surface area contributed by atoms with Gasteiger partial charge in [-0.1, -0.05) is 0 Å². The molecule has 0 fully saturated rings. The zero-order valence-corrected chi connectivity index (χ0v) is 12.5. The van der Waals surface area contributed by atoms with Crippen molar-refractivity contribution in [1.29, 1.82) is 0 Å². The van der Waals surface area contributed by atoms with E-state index in [-0.39, 0.29) is 17.0 Å². The van der Waals surface area contributed by atoms with E-state index in [4.69, 9.17) is 0 Å². The Morgan fingerprint density at radius 2 is 2.14 bits per heavy atom. The first-order valence-corrected chi connectivity index (χ1v) is 6.86. The second kappa shape index (κ2) is 6.34. The molecule has 1 N–H and O–H groups in total. The average Bonchev–Trinajstić information content (AvgIpc) is 2.85. The van der Waals surface area contributed by atoms with Gasteiger partial charge in [-0.15, -0.1) is 0 Å². The van der Waals surface area contributed by atoms with Gasteiger partial charge >= 0.3 is 0 Å². The van der Waals surface area contributed by atoms with Gasteiger partial charge in [0.05, 0.1) is 0 Å². The molecule has 2 rings (SSSR count). The molecule has 0 bridgehead atoms. The molecule has 0 radical (unpaired) electrons. The lowest BCUT2D eigenvalue weighted by Gasteiger charge is -2.10. The predicted octanol–water partition coefficient (Wildman–Crippen LogP) is 0.278. The molecule has 2 aromatic heterocycles. The molecule has 1 amide bonds. The number of nitrogens with zero attached hydrogens (tertiary/aromatic N) is 4. The van der Waals surface area contributed by atoms with E-state index in [1.165, 1.54) is 6.33 Å². The Morgan fingerprint density at radius 3 is 2.76 bits per heavy atom. The molecule has 0 aliphatic rings. The second-order valence-electron chi connectivity index (χ2n) is 4.74. The van der Waals surface area contributed by atoms with Crippen LogP contribution in [0.1, 0.15) is 28.8 Å². The summed E-state index contributed by atoms with van der Waals surface area (Å²) in [5.74, 6) is 0.426. The number of carbonyl (C=O) groups is 1. The van der Waals surface area contributed by atoms with E-state index < -0.39 is 0 Å². The number of pyridine rings is 1. The molecule has 7 heteroatoms. The number of nitrogens with one attached hydrogen (secondary N) is 1. The molecule has 0 saturated carbocycles. The van der Waals surface area contributed by atoms with E-state index in [0.29, 0.717) is 19.5 Å². The van der Waals surface area contributed by atoms with Crippen molar-refractivity contribution in [3.05, 3.63) is 45.9 Å². The summed E-state index contributed by atoms with van der Waals surface area (Å²) >= 11 is 0. The SMILES string of the molecule is CCn1c(C)ccc(C(=O)NCCc2ncnn2C)c1=O. The molecule has 0 aliphatic heterocycles.